The molecule has 0 fully saturated rings. The highest BCUT2D eigenvalue weighted by molar-refractivity contribution is 5.74. The van der Waals surface area contributed by atoms with Crippen molar-refractivity contribution in [3.8, 4) is 5.75 Å². The van der Waals surface area contributed by atoms with Gasteiger partial charge in [0.25, 0.3) is 0 Å². The molecule has 0 aliphatic heterocycles. The van der Waals surface area contributed by atoms with Gasteiger partial charge in [-0.1, -0.05) is 18.2 Å². The molecule has 6 nitrogen and oxygen atoms in total. The van der Waals surface area contributed by atoms with Gasteiger partial charge < -0.3 is 20.5 Å². The summed E-state index contributed by atoms with van der Waals surface area (Å²) in [6, 6.07) is 7.22. The van der Waals surface area contributed by atoms with Crippen LogP contribution in [0.3, 0.4) is 0 Å². The van der Waals surface area contributed by atoms with E-state index in [1.807, 2.05) is 24.3 Å². The van der Waals surface area contributed by atoms with Gasteiger partial charge in [0.1, 0.15) is 5.75 Å². The highest BCUT2D eigenvalue weighted by atomic mass is 16.5. The van der Waals surface area contributed by atoms with Crippen molar-refractivity contribution >= 4 is 12.0 Å². The summed E-state index contributed by atoms with van der Waals surface area (Å²) in [6.45, 7) is 0.578. The molecule has 6 heteroatoms. The van der Waals surface area contributed by atoms with Crippen LogP contribution in [-0.2, 0) is 11.2 Å². The molecule has 0 saturated heterocycles. The van der Waals surface area contributed by atoms with Gasteiger partial charge >= 0.3 is 12.0 Å². The summed E-state index contributed by atoms with van der Waals surface area (Å²) in [4.78, 5) is 21.6. The second kappa shape index (κ2) is 7.97. The number of rotatable bonds is 7. The van der Waals surface area contributed by atoms with E-state index in [0.29, 0.717) is 13.0 Å². The predicted molar refractivity (Wildman–Crippen MR) is 70.4 cm³/mol. The van der Waals surface area contributed by atoms with Crippen molar-refractivity contribution in [1.29, 1.82) is 0 Å². The number of para-hydroxylation sites is 1. The molecule has 3 N–H and O–H groups in total. The van der Waals surface area contributed by atoms with E-state index in [1.54, 1.807) is 7.11 Å². The molecule has 0 bridgehead atoms. The zero-order valence-electron chi connectivity index (χ0n) is 10.8. The Bertz CT molecular complexity index is 434. The summed E-state index contributed by atoms with van der Waals surface area (Å²) in [6.07, 6.45) is 0.566. The van der Waals surface area contributed by atoms with Gasteiger partial charge in [-0.2, -0.15) is 0 Å². The first kappa shape index (κ1) is 14.8. The first-order valence-electron chi connectivity index (χ1n) is 5.99. The Kier molecular flexibility index (Phi) is 6.21. The first-order chi connectivity index (χ1) is 9.13. The maximum Gasteiger partial charge on any atom is 0.314 e. The SMILES string of the molecule is COc1ccccc1CCNC(=O)NCCC(=O)O. The molecule has 0 saturated carbocycles. The van der Waals surface area contributed by atoms with Gasteiger partial charge in [0.05, 0.1) is 13.5 Å². The number of carboxylic acids is 1. The molecule has 0 heterocycles. The highest BCUT2D eigenvalue weighted by Crippen LogP contribution is 2.17. The molecule has 0 radical (unpaired) electrons. The van der Waals surface area contributed by atoms with Crippen molar-refractivity contribution in [3.05, 3.63) is 29.8 Å². The van der Waals surface area contributed by atoms with Crippen molar-refractivity contribution in [2.24, 2.45) is 0 Å². The topological polar surface area (TPSA) is 87.7 Å². The van der Waals surface area contributed by atoms with Crippen molar-refractivity contribution < 1.29 is 19.4 Å². The number of aliphatic carboxylic acids is 1. The van der Waals surface area contributed by atoms with Crippen LogP contribution >= 0.6 is 0 Å². The number of amides is 2. The number of hydrogen-bond acceptors (Lipinski definition) is 3. The van der Waals surface area contributed by atoms with Crippen LogP contribution in [0.5, 0.6) is 5.75 Å². The van der Waals surface area contributed by atoms with E-state index in [-0.39, 0.29) is 19.0 Å². The van der Waals surface area contributed by atoms with E-state index in [4.69, 9.17) is 9.84 Å². The predicted octanol–water partition coefficient (Wildman–Crippen LogP) is 1.01. The smallest absolute Gasteiger partial charge is 0.314 e. The minimum atomic E-state index is -0.936. The van der Waals surface area contributed by atoms with Gasteiger partial charge in [0.15, 0.2) is 0 Å². The standard InChI is InChI=1S/C13H18N2O4/c1-19-11-5-3-2-4-10(11)6-8-14-13(18)15-9-7-12(16)17/h2-5H,6-9H2,1H3,(H,16,17)(H2,14,15,18). The van der Waals surface area contributed by atoms with Crippen LogP contribution in [0.1, 0.15) is 12.0 Å². The molecule has 0 atom stereocenters. The maximum atomic E-state index is 11.3. The maximum absolute atomic E-state index is 11.3. The Labute approximate surface area is 111 Å². The summed E-state index contributed by atoms with van der Waals surface area (Å²) in [5.41, 5.74) is 1.01. The van der Waals surface area contributed by atoms with Crippen LogP contribution in [-0.4, -0.2) is 37.3 Å². The average Bonchev–Trinajstić information content (AvgIpc) is 2.39. The second-order valence-electron chi connectivity index (χ2n) is 3.89. The molecule has 0 unspecified atom stereocenters. The lowest BCUT2D eigenvalue weighted by Crippen LogP contribution is -2.37. The Balaban J connectivity index is 2.26. The lowest BCUT2D eigenvalue weighted by molar-refractivity contribution is -0.136. The summed E-state index contributed by atoms with van der Waals surface area (Å²) in [7, 11) is 1.60. The number of nitrogens with one attached hydrogen (secondary N) is 2. The molecule has 0 aliphatic rings. The molecule has 0 spiro atoms. The number of ether oxygens (including phenoxy) is 1. The number of hydrogen-bond donors (Lipinski definition) is 3. The molecule has 0 aromatic heterocycles. The van der Waals surface area contributed by atoms with Crippen LogP contribution in [0.25, 0.3) is 0 Å². The van der Waals surface area contributed by atoms with Crippen LogP contribution in [0, 0.1) is 0 Å². The quantitative estimate of drug-likeness (QED) is 0.687. The van der Waals surface area contributed by atoms with Crippen LogP contribution in [0.15, 0.2) is 24.3 Å². The number of urea groups is 1. The fraction of sp³-hybridized carbons (Fsp3) is 0.385. The molecule has 1 aromatic carbocycles. The molecule has 1 aromatic rings. The van der Waals surface area contributed by atoms with E-state index in [0.717, 1.165) is 11.3 Å². The van der Waals surface area contributed by atoms with Gasteiger partial charge in [0, 0.05) is 13.1 Å². The molecular formula is C13H18N2O4. The summed E-state index contributed by atoms with van der Waals surface area (Å²) >= 11 is 0. The van der Waals surface area contributed by atoms with E-state index in [9.17, 15) is 9.59 Å². The van der Waals surface area contributed by atoms with Gasteiger partial charge in [-0.15, -0.1) is 0 Å². The number of methoxy groups -OCH3 is 1. The van der Waals surface area contributed by atoms with E-state index < -0.39 is 5.97 Å². The molecule has 2 amide bonds. The molecule has 1 rings (SSSR count). The normalized spacial score (nSPS) is 9.74. The molecule has 0 aliphatic carbocycles. The number of carbonyl (C=O) groups is 2. The van der Waals surface area contributed by atoms with E-state index in [1.165, 1.54) is 0 Å². The molecule has 19 heavy (non-hydrogen) atoms. The van der Waals surface area contributed by atoms with Crippen LogP contribution < -0.4 is 15.4 Å². The van der Waals surface area contributed by atoms with Gasteiger partial charge in [0.2, 0.25) is 0 Å². The number of carbonyl (C=O) groups excluding carboxylic acids is 1. The third-order valence-electron chi connectivity index (χ3n) is 2.50. The Morgan fingerprint density at radius 2 is 1.89 bits per heavy atom. The van der Waals surface area contributed by atoms with E-state index >= 15 is 0 Å². The summed E-state index contributed by atoms with van der Waals surface area (Å²) in [5.74, 6) is -0.148. The van der Waals surface area contributed by atoms with Crippen molar-refractivity contribution in [2.75, 3.05) is 20.2 Å². The van der Waals surface area contributed by atoms with Gasteiger partial charge in [-0.05, 0) is 18.1 Å². The Morgan fingerprint density at radius 1 is 1.21 bits per heavy atom. The van der Waals surface area contributed by atoms with Gasteiger partial charge in [-0.3, -0.25) is 4.79 Å². The number of carboxylic acid groups (broad SMARTS) is 1. The third-order valence-corrected chi connectivity index (χ3v) is 2.50. The largest absolute Gasteiger partial charge is 0.496 e. The molecular weight excluding hydrogens is 248 g/mol. The summed E-state index contributed by atoms with van der Waals surface area (Å²) in [5, 5.41) is 13.5. The fourth-order valence-electron chi connectivity index (χ4n) is 1.57. The fourth-order valence-corrected chi connectivity index (χ4v) is 1.57. The van der Waals surface area contributed by atoms with Crippen molar-refractivity contribution in [2.45, 2.75) is 12.8 Å². The lowest BCUT2D eigenvalue weighted by Gasteiger charge is -2.09. The minimum Gasteiger partial charge on any atom is -0.496 e. The van der Waals surface area contributed by atoms with Crippen molar-refractivity contribution in [3.63, 3.8) is 0 Å². The number of benzene rings is 1. The first-order valence-corrected chi connectivity index (χ1v) is 5.99. The minimum absolute atomic E-state index is 0.0834. The third kappa shape index (κ3) is 5.76. The zero-order valence-corrected chi connectivity index (χ0v) is 10.8. The van der Waals surface area contributed by atoms with Gasteiger partial charge in [-0.25, -0.2) is 4.79 Å². The highest BCUT2D eigenvalue weighted by Gasteiger charge is 2.04. The Hall–Kier alpha value is -2.24. The second-order valence-corrected chi connectivity index (χ2v) is 3.89. The van der Waals surface area contributed by atoms with E-state index in [2.05, 4.69) is 10.6 Å². The Morgan fingerprint density at radius 3 is 2.58 bits per heavy atom. The summed E-state index contributed by atoms with van der Waals surface area (Å²) < 4.78 is 5.20. The van der Waals surface area contributed by atoms with Crippen molar-refractivity contribution in [1.82, 2.24) is 10.6 Å². The zero-order chi connectivity index (χ0) is 14.1. The average molecular weight is 266 g/mol. The molecule has 104 valence electrons. The lowest BCUT2D eigenvalue weighted by atomic mass is 10.1. The monoisotopic (exact) mass is 266 g/mol. The van der Waals surface area contributed by atoms with Crippen LogP contribution in [0.4, 0.5) is 4.79 Å². The van der Waals surface area contributed by atoms with Crippen LogP contribution in [0.2, 0.25) is 0 Å².